The van der Waals surface area contributed by atoms with E-state index < -0.39 is 12.2 Å². The van der Waals surface area contributed by atoms with Crippen molar-refractivity contribution in [1.82, 2.24) is 0 Å². The molecule has 6 heteroatoms. The minimum Gasteiger partial charge on any atom is -0.436 e. The second-order valence-corrected chi connectivity index (χ2v) is 5.39. The average Bonchev–Trinajstić information content (AvgIpc) is 2.62. The van der Waals surface area contributed by atoms with E-state index in [0.29, 0.717) is 11.4 Å². The number of carbonyl (C=O) groups is 2. The second kappa shape index (κ2) is 9.74. The van der Waals surface area contributed by atoms with Crippen LogP contribution in [0.25, 0.3) is 0 Å². The van der Waals surface area contributed by atoms with Gasteiger partial charge in [-0.1, -0.05) is 48.2 Å². The average molecular weight is 352 g/mol. The molecular formula is C20H20N2O4. The van der Waals surface area contributed by atoms with Gasteiger partial charge in [-0.25, -0.2) is 9.59 Å². The Hall–Kier alpha value is -3.46. The zero-order chi connectivity index (χ0) is 18.8. The third kappa shape index (κ3) is 6.21. The van der Waals surface area contributed by atoms with Gasteiger partial charge < -0.3 is 9.47 Å². The molecule has 0 aliphatic carbocycles. The first-order valence-electron chi connectivity index (χ1n) is 8.01. The van der Waals surface area contributed by atoms with Gasteiger partial charge in [0.2, 0.25) is 0 Å². The lowest BCUT2D eigenvalue weighted by atomic mass is 10.2. The smallest absolute Gasteiger partial charge is 0.412 e. The van der Waals surface area contributed by atoms with Crippen LogP contribution in [0.5, 0.6) is 0 Å². The molecule has 0 bridgehead atoms. The highest BCUT2D eigenvalue weighted by molar-refractivity contribution is 5.86. The van der Waals surface area contributed by atoms with E-state index in [4.69, 9.17) is 9.47 Å². The number of amides is 2. The Morgan fingerprint density at radius 3 is 1.54 bits per heavy atom. The number of benzene rings is 2. The Balaban J connectivity index is 1.66. The fourth-order valence-corrected chi connectivity index (χ4v) is 2.02. The van der Waals surface area contributed by atoms with Gasteiger partial charge in [0.15, 0.2) is 13.2 Å². The van der Waals surface area contributed by atoms with Gasteiger partial charge in [-0.15, -0.1) is 0 Å². The molecule has 0 aliphatic rings. The summed E-state index contributed by atoms with van der Waals surface area (Å²) in [5.41, 5.74) is 3.23. The quantitative estimate of drug-likeness (QED) is 0.812. The standard InChI is InChI=1S/C20H20N2O4/c1-15-9-3-5-11-17(15)21-19(23)25-13-7-8-14-26-20(24)22-18-12-6-4-10-16(18)2/h3-6,9-12H,13-14H2,1-2H3,(H,21,23)(H,22,24). The van der Waals surface area contributed by atoms with Crippen LogP contribution in [0, 0.1) is 25.7 Å². The van der Waals surface area contributed by atoms with Crippen molar-refractivity contribution in [2.24, 2.45) is 0 Å². The molecule has 0 radical (unpaired) electrons. The highest BCUT2D eigenvalue weighted by Gasteiger charge is 2.04. The van der Waals surface area contributed by atoms with Gasteiger partial charge >= 0.3 is 12.2 Å². The molecule has 2 aromatic rings. The molecule has 0 saturated carbocycles. The van der Waals surface area contributed by atoms with Gasteiger partial charge in [0.1, 0.15) is 0 Å². The Labute approximate surface area is 152 Å². The molecule has 0 aromatic heterocycles. The maximum absolute atomic E-state index is 11.6. The Morgan fingerprint density at radius 1 is 0.769 bits per heavy atom. The zero-order valence-electron chi connectivity index (χ0n) is 14.7. The molecule has 2 N–H and O–H groups in total. The Bertz CT molecular complexity index is 769. The van der Waals surface area contributed by atoms with Gasteiger partial charge in [-0.3, -0.25) is 10.6 Å². The zero-order valence-corrected chi connectivity index (χ0v) is 14.7. The number of aryl methyl sites for hydroxylation is 2. The summed E-state index contributed by atoms with van der Waals surface area (Å²) in [6.45, 7) is 3.57. The van der Waals surface area contributed by atoms with Gasteiger partial charge in [0, 0.05) is 11.4 Å². The molecule has 0 saturated heterocycles. The van der Waals surface area contributed by atoms with Crippen molar-refractivity contribution < 1.29 is 19.1 Å². The molecule has 0 heterocycles. The summed E-state index contributed by atoms with van der Waals surface area (Å²) < 4.78 is 9.88. The first-order chi connectivity index (χ1) is 12.6. The van der Waals surface area contributed by atoms with Crippen molar-refractivity contribution in [3.8, 4) is 11.8 Å². The van der Waals surface area contributed by atoms with Crippen LogP contribution in [0.1, 0.15) is 11.1 Å². The molecule has 0 atom stereocenters. The number of carbonyl (C=O) groups excluding carboxylic acids is 2. The van der Waals surface area contributed by atoms with Crippen LogP contribution in [-0.4, -0.2) is 25.4 Å². The minimum atomic E-state index is -0.591. The Kier molecular flexibility index (Phi) is 7.07. The highest BCUT2D eigenvalue weighted by atomic mass is 16.6. The first-order valence-corrected chi connectivity index (χ1v) is 8.01. The number of rotatable bonds is 4. The number of para-hydroxylation sites is 2. The van der Waals surface area contributed by atoms with E-state index >= 15 is 0 Å². The topological polar surface area (TPSA) is 76.7 Å². The summed E-state index contributed by atoms with van der Waals surface area (Å²) in [5, 5.41) is 5.26. The molecule has 2 rings (SSSR count). The van der Waals surface area contributed by atoms with Crippen molar-refractivity contribution in [2.45, 2.75) is 13.8 Å². The van der Waals surface area contributed by atoms with Crippen LogP contribution in [0.3, 0.4) is 0 Å². The van der Waals surface area contributed by atoms with Crippen LogP contribution >= 0.6 is 0 Å². The second-order valence-electron chi connectivity index (χ2n) is 5.39. The maximum Gasteiger partial charge on any atom is 0.412 e. The summed E-state index contributed by atoms with van der Waals surface area (Å²) in [4.78, 5) is 23.3. The van der Waals surface area contributed by atoms with E-state index in [0.717, 1.165) is 11.1 Å². The molecule has 6 nitrogen and oxygen atoms in total. The summed E-state index contributed by atoms with van der Waals surface area (Å²) in [6.07, 6.45) is -1.18. The van der Waals surface area contributed by atoms with Gasteiger partial charge in [0.25, 0.3) is 0 Å². The van der Waals surface area contributed by atoms with Gasteiger partial charge in [-0.2, -0.15) is 0 Å². The van der Waals surface area contributed by atoms with E-state index in [1.807, 2.05) is 50.2 Å². The molecule has 26 heavy (non-hydrogen) atoms. The van der Waals surface area contributed by atoms with E-state index in [-0.39, 0.29) is 13.2 Å². The summed E-state index contributed by atoms with van der Waals surface area (Å²) >= 11 is 0. The number of anilines is 2. The SMILES string of the molecule is Cc1ccccc1NC(=O)OCC#CCOC(=O)Nc1ccccc1C. The lowest BCUT2D eigenvalue weighted by molar-refractivity contribution is 0.173. The van der Waals surface area contributed by atoms with Crippen molar-refractivity contribution >= 4 is 23.6 Å². The van der Waals surface area contributed by atoms with Crippen molar-refractivity contribution in [1.29, 1.82) is 0 Å². The third-order valence-corrected chi connectivity index (χ3v) is 3.44. The third-order valence-electron chi connectivity index (χ3n) is 3.44. The number of hydrogen-bond acceptors (Lipinski definition) is 4. The van der Waals surface area contributed by atoms with E-state index in [2.05, 4.69) is 22.5 Å². The minimum absolute atomic E-state index is 0.0967. The normalized spacial score (nSPS) is 9.46. The molecule has 2 aromatic carbocycles. The maximum atomic E-state index is 11.6. The molecule has 0 fully saturated rings. The molecule has 0 unspecified atom stereocenters. The predicted octanol–water partition coefficient (Wildman–Crippen LogP) is 4.10. The van der Waals surface area contributed by atoms with Crippen LogP contribution in [0.15, 0.2) is 48.5 Å². The van der Waals surface area contributed by atoms with Crippen LogP contribution in [0.4, 0.5) is 21.0 Å². The highest BCUT2D eigenvalue weighted by Crippen LogP contribution is 2.13. The first kappa shape index (κ1) is 18.9. The van der Waals surface area contributed by atoms with Crippen molar-refractivity contribution in [3.05, 3.63) is 59.7 Å². The van der Waals surface area contributed by atoms with E-state index in [9.17, 15) is 9.59 Å². The number of nitrogens with one attached hydrogen (secondary N) is 2. The summed E-state index contributed by atoms with van der Waals surface area (Å²) in [6, 6.07) is 14.7. The van der Waals surface area contributed by atoms with Crippen LogP contribution < -0.4 is 10.6 Å². The molecule has 2 amide bonds. The van der Waals surface area contributed by atoms with Crippen LogP contribution in [-0.2, 0) is 9.47 Å². The Morgan fingerprint density at radius 2 is 1.15 bits per heavy atom. The summed E-state index contributed by atoms with van der Waals surface area (Å²) in [7, 11) is 0. The fraction of sp³-hybridized carbons (Fsp3) is 0.200. The van der Waals surface area contributed by atoms with Crippen molar-refractivity contribution in [2.75, 3.05) is 23.8 Å². The molecular weight excluding hydrogens is 332 g/mol. The monoisotopic (exact) mass is 352 g/mol. The largest absolute Gasteiger partial charge is 0.436 e. The summed E-state index contributed by atoms with van der Waals surface area (Å²) in [5.74, 6) is 5.22. The van der Waals surface area contributed by atoms with E-state index in [1.54, 1.807) is 12.1 Å². The predicted molar refractivity (Wildman–Crippen MR) is 100 cm³/mol. The van der Waals surface area contributed by atoms with E-state index in [1.165, 1.54) is 0 Å². The lowest BCUT2D eigenvalue weighted by Crippen LogP contribution is -2.15. The van der Waals surface area contributed by atoms with Crippen LogP contribution in [0.2, 0.25) is 0 Å². The van der Waals surface area contributed by atoms with Crippen molar-refractivity contribution in [3.63, 3.8) is 0 Å². The van der Waals surface area contributed by atoms with Gasteiger partial charge in [-0.05, 0) is 37.1 Å². The van der Waals surface area contributed by atoms with Gasteiger partial charge in [0.05, 0.1) is 0 Å². The number of hydrogen-bond donors (Lipinski definition) is 2. The molecule has 134 valence electrons. The fourth-order valence-electron chi connectivity index (χ4n) is 2.02. The molecule has 0 aliphatic heterocycles. The lowest BCUT2D eigenvalue weighted by Gasteiger charge is -2.07. The molecule has 0 spiro atoms. The number of ether oxygens (including phenoxy) is 2.